The first-order valence-electron chi connectivity index (χ1n) is 6.20. The van der Waals surface area contributed by atoms with Gasteiger partial charge in [-0.3, -0.25) is 0 Å². The highest BCUT2D eigenvalue weighted by Crippen LogP contribution is 2.29. The summed E-state index contributed by atoms with van der Waals surface area (Å²) in [4.78, 5) is 11.7. The zero-order chi connectivity index (χ0) is 13.3. The molecule has 0 spiro atoms. The third kappa shape index (κ3) is 2.82. The van der Waals surface area contributed by atoms with Crippen molar-refractivity contribution >= 4 is 6.09 Å². The largest absolute Gasteiger partial charge is 0.444 e. The van der Waals surface area contributed by atoms with Crippen LogP contribution in [0.5, 0.6) is 0 Å². The molecule has 1 amide bonds. The van der Waals surface area contributed by atoms with Gasteiger partial charge in [-0.1, -0.05) is 24.3 Å². The number of hydrogen-bond acceptors (Lipinski definition) is 3. The number of rotatable bonds is 1. The molecule has 0 unspecified atom stereocenters. The lowest BCUT2D eigenvalue weighted by molar-refractivity contribution is 0.0500. The van der Waals surface area contributed by atoms with Crippen molar-refractivity contribution in [3.05, 3.63) is 35.4 Å². The van der Waals surface area contributed by atoms with E-state index in [4.69, 9.17) is 10.5 Å². The van der Waals surface area contributed by atoms with Gasteiger partial charge in [0.2, 0.25) is 0 Å². The van der Waals surface area contributed by atoms with Gasteiger partial charge in [0.25, 0.3) is 0 Å². The van der Waals surface area contributed by atoms with E-state index in [1.54, 1.807) is 0 Å². The Balaban J connectivity index is 2.00. The van der Waals surface area contributed by atoms with Crippen molar-refractivity contribution in [3.63, 3.8) is 0 Å². The van der Waals surface area contributed by atoms with Crippen molar-refractivity contribution in [3.8, 4) is 0 Å². The van der Waals surface area contributed by atoms with E-state index in [1.807, 2.05) is 45.0 Å². The van der Waals surface area contributed by atoms with Crippen LogP contribution < -0.4 is 11.1 Å². The van der Waals surface area contributed by atoms with Gasteiger partial charge < -0.3 is 15.8 Å². The quantitative estimate of drug-likeness (QED) is 0.800. The van der Waals surface area contributed by atoms with Crippen molar-refractivity contribution < 1.29 is 9.53 Å². The van der Waals surface area contributed by atoms with E-state index in [0.717, 1.165) is 12.0 Å². The molecule has 0 radical (unpaired) electrons. The lowest BCUT2D eigenvalue weighted by Crippen LogP contribution is -2.43. The van der Waals surface area contributed by atoms with E-state index in [1.165, 1.54) is 5.56 Å². The first-order chi connectivity index (χ1) is 8.37. The molecule has 0 saturated heterocycles. The van der Waals surface area contributed by atoms with Crippen LogP contribution in [0.4, 0.5) is 4.79 Å². The Bertz CT molecular complexity index is 451. The summed E-state index contributed by atoms with van der Waals surface area (Å²) in [5.41, 5.74) is 7.96. The molecule has 4 nitrogen and oxygen atoms in total. The van der Waals surface area contributed by atoms with Gasteiger partial charge in [0.1, 0.15) is 5.60 Å². The number of nitrogens with two attached hydrogens (primary N) is 1. The van der Waals surface area contributed by atoms with E-state index in [-0.39, 0.29) is 12.1 Å². The molecule has 1 aliphatic carbocycles. The SMILES string of the molecule is CC(C)(C)OC(=O)N[C@H]1Cc2ccccc2[C@H]1N. The second-order valence-electron chi connectivity index (χ2n) is 5.68. The Hall–Kier alpha value is -1.55. The van der Waals surface area contributed by atoms with Crippen LogP contribution >= 0.6 is 0 Å². The molecule has 0 saturated carbocycles. The smallest absolute Gasteiger partial charge is 0.407 e. The van der Waals surface area contributed by atoms with Crippen LogP contribution in [0, 0.1) is 0 Å². The zero-order valence-corrected chi connectivity index (χ0v) is 11.1. The Morgan fingerprint density at radius 3 is 2.67 bits per heavy atom. The summed E-state index contributed by atoms with van der Waals surface area (Å²) in [6.45, 7) is 5.53. The Kier molecular flexibility index (Phi) is 3.30. The fourth-order valence-electron chi connectivity index (χ4n) is 2.23. The van der Waals surface area contributed by atoms with Gasteiger partial charge in [-0.25, -0.2) is 4.79 Å². The third-order valence-electron chi connectivity index (χ3n) is 2.99. The van der Waals surface area contributed by atoms with Crippen molar-refractivity contribution in [2.24, 2.45) is 5.73 Å². The molecule has 0 aliphatic heterocycles. The normalized spacial score (nSPS) is 22.4. The molecule has 0 fully saturated rings. The molecule has 3 N–H and O–H groups in total. The van der Waals surface area contributed by atoms with Crippen LogP contribution in [0.3, 0.4) is 0 Å². The van der Waals surface area contributed by atoms with E-state index < -0.39 is 11.7 Å². The summed E-state index contributed by atoms with van der Waals surface area (Å²) in [7, 11) is 0. The van der Waals surface area contributed by atoms with Gasteiger partial charge in [0, 0.05) is 0 Å². The van der Waals surface area contributed by atoms with Crippen molar-refractivity contribution in [1.29, 1.82) is 0 Å². The minimum absolute atomic E-state index is 0.0859. The van der Waals surface area contributed by atoms with Crippen LogP contribution in [0.2, 0.25) is 0 Å². The number of carbonyl (C=O) groups excluding carboxylic acids is 1. The Labute approximate surface area is 108 Å². The fourth-order valence-corrected chi connectivity index (χ4v) is 2.23. The molecule has 0 aromatic heterocycles. The number of benzene rings is 1. The zero-order valence-electron chi connectivity index (χ0n) is 11.1. The van der Waals surface area contributed by atoms with Crippen molar-refractivity contribution in [2.45, 2.75) is 44.9 Å². The molecular formula is C14H20N2O2. The van der Waals surface area contributed by atoms with Crippen LogP contribution in [0.1, 0.15) is 37.9 Å². The monoisotopic (exact) mass is 248 g/mol. The maximum absolute atomic E-state index is 11.7. The number of nitrogens with one attached hydrogen (secondary N) is 1. The average molecular weight is 248 g/mol. The number of alkyl carbamates (subject to hydrolysis) is 1. The maximum atomic E-state index is 11.7. The van der Waals surface area contributed by atoms with Crippen molar-refractivity contribution in [2.75, 3.05) is 0 Å². The fraction of sp³-hybridized carbons (Fsp3) is 0.500. The molecule has 18 heavy (non-hydrogen) atoms. The summed E-state index contributed by atoms with van der Waals surface area (Å²) >= 11 is 0. The highest BCUT2D eigenvalue weighted by Gasteiger charge is 2.31. The summed E-state index contributed by atoms with van der Waals surface area (Å²) in [6, 6.07) is 7.77. The lowest BCUT2D eigenvalue weighted by atomic mass is 10.1. The molecule has 98 valence electrons. The van der Waals surface area contributed by atoms with E-state index in [9.17, 15) is 4.79 Å². The molecule has 0 bridgehead atoms. The average Bonchev–Trinajstić information content (AvgIpc) is 2.54. The van der Waals surface area contributed by atoms with Gasteiger partial charge in [0.05, 0.1) is 12.1 Å². The number of fused-ring (bicyclic) bond motifs is 1. The first kappa shape index (κ1) is 12.9. The number of carbonyl (C=O) groups is 1. The number of hydrogen-bond donors (Lipinski definition) is 2. The van der Waals surface area contributed by atoms with Crippen LogP contribution in [-0.2, 0) is 11.2 Å². The van der Waals surface area contributed by atoms with Crippen LogP contribution in [0.15, 0.2) is 24.3 Å². The molecule has 1 aliphatic rings. The standard InChI is InChI=1S/C14H20N2O2/c1-14(2,3)18-13(17)16-11-8-9-6-4-5-7-10(9)12(11)15/h4-7,11-12H,8,15H2,1-3H3,(H,16,17)/t11-,12+/m0/s1. The minimum Gasteiger partial charge on any atom is -0.444 e. The highest BCUT2D eigenvalue weighted by atomic mass is 16.6. The molecule has 1 aromatic carbocycles. The highest BCUT2D eigenvalue weighted by molar-refractivity contribution is 5.68. The third-order valence-corrected chi connectivity index (χ3v) is 2.99. The lowest BCUT2D eigenvalue weighted by Gasteiger charge is -2.23. The van der Waals surface area contributed by atoms with E-state index in [2.05, 4.69) is 5.32 Å². The predicted molar refractivity (Wildman–Crippen MR) is 70.2 cm³/mol. The molecular weight excluding hydrogens is 228 g/mol. The molecule has 1 aromatic rings. The summed E-state index contributed by atoms with van der Waals surface area (Å²) in [5.74, 6) is 0. The van der Waals surface area contributed by atoms with Crippen LogP contribution in [0.25, 0.3) is 0 Å². The summed E-state index contributed by atoms with van der Waals surface area (Å²) in [5, 5.41) is 2.85. The summed E-state index contributed by atoms with van der Waals surface area (Å²) in [6.07, 6.45) is 0.354. The summed E-state index contributed by atoms with van der Waals surface area (Å²) < 4.78 is 5.24. The number of ether oxygens (including phenoxy) is 1. The molecule has 0 heterocycles. The maximum Gasteiger partial charge on any atom is 0.407 e. The molecule has 2 atom stereocenters. The van der Waals surface area contributed by atoms with Gasteiger partial charge in [0.15, 0.2) is 0 Å². The number of amides is 1. The first-order valence-corrected chi connectivity index (χ1v) is 6.20. The topological polar surface area (TPSA) is 64.3 Å². The minimum atomic E-state index is -0.486. The van der Waals surface area contributed by atoms with Gasteiger partial charge >= 0.3 is 6.09 Å². The van der Waals surface area contributed by atoms with E-state index in [0.29, 0.717) is 0 Å². The second-order valence-corrected chi connectivity index (χ2v) is 5.68. The second kappa shape index (κ2) is 4.61. The predicted octanol–water partition coefficient (Wildman–Crippen LogP) is 2.14. The molecule has 4 heteroatoms. The van der Waals surface area contributed by atoms with Crippen molar-refractivity contribution in [1.82, 2.24) is 5.32 Å². The molecule has 2 rings (SSSR count). The van der Waals surface area contributed by atoms with Gasteiger partial charge in [-0.2, -0.15) is 0 Å². The van der Waals surface area contributed by atoms with Crippen LogP contribution in [-0.4, -0.2) is 17.7 Å². The van der Waals surface area contributed by atoms with Gasteiger partial charge in [-0.05, 0) is 38.3 Å². The Morgan fingerprint density at radius 2 is 2.06 bits per heavy atom. The Morgan fingerprint density at radius 1 is 1.39 bits per heavy atom. The van der Waals surface area contributed by atoms with E-state index >= 15 is 0 Å². The van der Waals surface area contributed by atoms with Gasteiger partial charge in [-0.15, -0.1) is 0 Å².